The Labute approximate surface area is 160 Å². The average Bonchev–Trinajstić information content (AvgIpc) is 3.28. The Kier molecular flexibility index (Phi) is 4.51. The number of ether oxygens (including phenoxy) is 1. The van der Waals surface area contributed by atoms with Crippen LogP contribution < -0.4 is 9.64 Å². The molecule has 134 valence electrons. The molecule has 2 aromatic carbocycles. The Morgan fingerprint density at radius 2 is 2.15 bits per heavy atom. The summed E-state index contributed by atoms with van der Waals surface area (Å²) in [6, 6.07) is 11.5. The number of aromatic amines is 1. The van der Waals surface area contributed by atoms with Crippen LogP contribution >= 0.6 is 23.2 Å². The standard InChI is InChI=1S/C19H17Cl2N3O2/c1-26-13-3-5-16-17(9-13)23-19(22-16)14-8-12(2-4-15(14)20)24-7-6-11(10-24)18(21)25/h2-5,8-9,11H,6-7,10H2,1H3,(H,22,23). The maximum atomic E-state index is 11.4. The molecule has 26 heavy (non-hydrogen) atoms. The van der Waals surface area contributed by atoms with E-state index in [9.17, 15) is 4.79 Å². The molecule has 0 spiro atoms. The van der Waals surface area contributed by atoms with E-state index >= 15 is 0 Å². The fraction of sp³-hybridized carbons (Fsp3) is 0.263. The number of fused-ring (bicyclic) bond motifs is 1. The Morgan fingerprint density at radius 1 is 1.31 bits per heavy atom. The van der Waals surface area contributed by atoms with E-state index in [4.69, 9.17) is 27.9 Å². The lowest BCUT2D eigenvalue weighted by Crippen LogP contribution is -2.21. The second-order valence-corrected chi connectivity index (χ2v) is 7.15. The molecule has 1 saturated heterocycles. The molecule has 1 aromatic heterocycles. The predicted octanol–water partition coefficient (Wildman–Crippen LogP) is 4.48. The van der Waals surface area contributed by atoms with Gasteiger partial charge in [0.2, 0.25) is 5.24 Å². The first-order chi connectivity index (χ1) is 12.5. The van der Waals surface area contributed by atoms with Gasteiger partial charge < -0.3 is 14.6 Å². The highest BCUT2D eigenvalue weighted by Crippen LogP contribution is 2.34. The van der Waals surface area contributed by atoms with E-state index in [1.165, 1.54) is 0 Å². The number of nitrogens with zero attached hydrogens (tertiary/aromatic N) is 2. The Morgan fingerprint density at radius 3 is 2.88 bits per heavy atom. The summed E-state index contributed by atoms with van der Waals surface area (Å²) in [6.07, 6.45) is 0.769. The predicted molar refractivity (Wildman–Crippen MR) is 104 cm³/mol. The topological polar surface area (TPSA) is 58.2 Å². The molecule has 5 nitrogen and oxygen atoms in total. The van der Waals surface area contributed by atoms with Gasteiger partial charge in [0.05, 0.1) is 29.1 Å². The third-order valence-electron chi connectivity index (χ3n) is 4.77. The summed E-state index contributed by atoms with van der Waals surface area (Å²) in [6.45, 7) is 1.42. The van der Waals surface area contributed by atoms with Gasteiger partial charge in [0.1, 0.15) is 11.6 Å². The van der Waals surface area contributed by atoms with E-state index in [-0.39, 0.29) is 11.2 Å². The van der Waals surface area contributed by atoms with Crippen molar-refractivity contribution in [1.82, 2.24) is 9.97 Å². The zero-order chi connectivity index (χ0) is 18.3. The van der Waals surface area contributed by atoms with Crippen LogP contribution in [0.3, 0.4) is 0 Å². The molecule has 4 rings (SSSR count). The van der Waals surface area contributed by atoms with Gasteiger partial charge in [0.15, 0.2) is 0 Å². The highest BCUT2D eigenvalue weighted by atomic mass is 35.5. The number of aromatic nitrogens is 2. The quantitative estimate of drug-likeness (QED) is 0.668. The van der Waals surface area contributed by atoms with Crippen molar-refractivity contribution in [1.29, 1.82) is 0 Å². The van der Waals surface area contributed by atoms with E-state index in [0.29, 0.717) is 17.4 Å². The lowest BCUT2D eigenvalue weighted by molar-refractivity contribution is -0.114. The molecule has 1 unspecified atom stereocenters. The molecule has 0 amide bonds. The van der Waals surface area contributed by atoms with E-state index in [1.54, 1.807) is 7.11 Å². The minimum Gasteiger partial charge on any atom is -0.497 e. The van der Waals surface area contributed by atoms with Crippen LogP contribution in [-0.2, 0) is 4.79 Å². The molecule has 0 radical (unpaired) electrons. The van der Waals surface area contributed by atoms with Crippen molar-refractivity contribution in [3.63, 3.8) is 0 Å². The molecule has 0 bridgehead atoms. The first-order valence-electron chi connectivity index (χ1n) is 8.33. The summed E-state index contributed by atoms with van der Waals surface area (Å²) < 4.78 is 5.26. The van der Waals surface area contributed by atoms with Gasteiger partial charge in [-0.05, 0) is 48.4 Å². The molecule has 1 aliphatic rings. The number of imidazole rings is 1. The van der Waals surface area contributed by atoms with Crippen LogP contribution in [-0.4, -0.2) is 35.4 Å². The molecule has 0 saturated carbocycles. The van der Waals surface area contributed by atoms with Crippen LogP contribution in [0, 0.1) is 5.92 Å². The van der Waals surface area contributed by atoms with Gasteiger partial charge in [-0.25, -0.2) is 4.98 Å². The number of halogens is 2. The van der Waals surface area contributed by atoms with Crippen LogP contribution in [0.1, 0.15) is 6.42 Å². The third-order valence-corrected chi connectivity index (χ3v) is 5.41. The molecule has 2 heterocycles. The number of rotatable bonds is 4. The molecular formula is C19H17Cl2N3O2. The lowest BCUT2D eigenvalue weighted by atomic mass is 10.1. The Hall–Kier alpha value is -2.24. The van der Waals surface area contributed by atoms with Gasteiger partial charge in [-0.3, -0.25) is 4.79 Å². The first-order valence-corrected chi connectivity index (χ1v) is 9.08. The molecule has 0 aliphatic carbocycles. The average molecular weight is 390 g/mol. The van der Waals surface area contributed by atoms with Gasteiger partial charge >= 0.3 is 0 Å². The molecule has 3 aromatic rings. The molecule has 1 fully saturated rings. The number of H-pyrrole nitrogens is 1. The van der Waals surface area contributed by atoms with E-state index in [1.807, 2.05) is 36.4 Å². The van der Waals surface area contributed by atoms with Crippen molar-refractivity contribution < 1.29 is 9.53 Å². The minimum atomic E-state index is -0.270. The van der Waals surface area contributed by atoms with Gasteiger partial charge in [-0.15, -0.1) is 0 Å². The fourth-order valence-electron chi connectivity index (χ4n) is 3.31. The number of carbonyl (C=O) groups is 1. The van der Waals surface area contributed by atoms with Crippen LogP contribution in [0.2, 0.25) is 5.02 Å². The molecule has 1 atom stereocenters. The molecule has 1 aliphatic heterocycles. The van der Waals surface area contributed by atoms with Crippen LogP contribution in [0.15, 0.2) is 36.4 Å². The summed E-state index contributed by atoms with van der Waals surface area (Å²) in [5.41, 5.74) is 3.55. The molecule has 7 heteroatoms. The normalized spacial score (nSPS) is 17.0. The van der Waals surface area contributed by atoms with Crippen molar-refractivity contribution >= 4 is 45.2 Å². The molecular weight excluding hydrogens is 373 g/mol. The second kappa shape index (κ2) is 6.82. The van der Waals surface area contributed by atoms with E-state index < -0.39 is 0 Å². The van der Waals surface area contributed by atoms with Gasteiger partial charge in [-0.1, -0.05) is 11.6 Å². The first kappa shape index (κ1) is 17.2. The largest absolute Gasteiger partial charge is 0.497 e. The van der Waals surface area contributed by atoms with Crippen molar-refractivity contribution in [2.45, 2.75) is 6.42 Å². The highest BCUT2D eigenvalue weighted by molar-refractivity contribution is 6.64. The monoisotopic (exact) mass is 389 g/mol. The van der Waals surface area contributed by atoms with Gasteiger partial charge in [0.25, 0.3) is 0 Å². The zero-order valence-corrected chi connectivity index (χ0v) is 15.6. The SMILES string of the molecule is COc1ccc2nc(-c3cc(N4CCC(C(=O)Cl)C4)ccc3Cl)[nH]c2c1. The van der Waals surface area contributed by atoms with Crippen molar-refractivity contribution in [3.05, 3.63) is 41.4 Å². The summed E-state index contributed by atoms with van der Waals surface area (Å²) in [4.78, 5) is 21.5. The lowest BCUT2D eigenvalue weighted by Gasteiger charge is -2.19. The maximum Gasteiger partial charge on any atom is 0.226 e. The summed E-state index contributed by atoms with van der Waals surface area (Å²) >= 11 is 12.1. The van der Waals surface area contributed by atoms with Crippen LogP contribution in [0.25, 0.3) is 22.4 Å². The zero-order valence-electron chi connectivity index (χ0n) is 14.1. The number of benzene rings is 2. The number of methoxy groups -OCH3 is 1. The summed E-state index contributed by atoms with van der Waals surface area (Å²) in [7, 11) is 1.63. The highest BCUT2D eigenvalue weighted by Gasteiger charge is 2.27. The van der Waals surface area contributed by atoms with Crippen molar-refractivity contribution in [2.75, 3.05) is 25.1 Å². The Bertz CT molecular complexity index is 986. The second-order valence-electron chi connectivity index (χ2n) is 6.37. The van der Waals surface area contributed by atoms with E-state index in [2.05, 4.69) is 14.9 Å². The number of nitrogens with one attached hydrogen (secondary N) is 1. The Balaban J connectivity index is 1.69. The molecule has 1 N–H and O–H groups in total. The minimum absolute atomic E-state index is 0.116. The van der Waals surface area contributed by atoms with Crippen molar-refractivity contribution in [3.8, 4) is 17.1 Å². The number of anilines is 1. The number of hydrogen-bond acceptors (Lipinski definition) is 4. The van der Waals surface area contributed by atoms with Crippen LogP contribution in [0.5, 0.6) is 5.75 Å². The summed E-state index contributed by atoms with van der Waals surface area (Å²) in [5.74, 6) is 1.35. The maximum absolute atomic E-state index is 11.4. The van der Waals surface area contributed by atoms with Gasteiger partial charge in [0, 0.05) is 30.4 Å². The van der Waals surface area contributed by atoms with Gasteiger partial charge in [-0.2, -0.15) is 0 Å². The van der Waals surface area contributed by atoms with Crippen LogP contribution in [0.4, 0.5) is 5.69 Å². The fourth-order valence-corrected chi connectivity index (χ4v) is 3.70. The van der Waals surface area contributed by atoms with Crippen molar-refractivity contribution in [2.24, 2.45) is 5.92 Å². The number of hydrogen-bond donors (Lipinski definition) is 1. The van der Waals surface area contributed by atoms with E-state index in [0.717, 1.165) is 41.0 Å². The smallest absolute Gasteiger partial charge is 0.226 e. The number of carbonyl (C=O) groups excluding carboxylic acids is 1. The summed E-state index contributed by atoms with van der Waals surface area (Å²) in [5, 5.41) is 0.344. The third kappa shape index (κ3) is 3.13.